The summed E-state index contributed by atoms with van der Waals surface area (Å²) >= 11 is 4.67. The molecule has 0 fully saturated rings. The van der Waals surface area contributed by atoms with Crippen LogP contribution in [0.4, 0.5) is 0 Å². The number of unbranched alkanes of at least 4 members (excludes halogenated alkanes) is 2. The van der Waals surface area contributed by atoms with Crippen LogP contribution in [0.2, 0.25) is 0 Å². The van der Waals surface area contributed by atoms with Crippen molar-refractivity contribution in [1.82, 2.24) is 4.72 Å². The lowest BCUT2D eigenvalue weighted by atomic mass is 9.87. The minimum absolute atomic E-state index is 0.0402. The maximum absolute atomic E-state index is 12.4. The van der Waals surface area contributed by atoms with Gasteiger partial charge in [-0.25, -0.2) is 13.1 Å². The molecule has 3 N–H and O–H groups in total. The second kappa shape index (κ2) is 8.06. The SMILES string of the molecule is CCCCCC(C)(C)CNS(=O)(=O)c1cc(CN)sc1Br. The molecule has 1 aromatic heterocycles. The van der Waals surface area contributed by atoms with E-state index in [9.17, 15) is 8.42 Å². The van der Waals surface area contributed by atoms with Crippen LogP contribution in [-0.2, 0) is 16.6 Å². The fourth-order valence-electron chi connectivity index (χ4n) is 1.99. The van der Waals surface area contributed by atoms with Crippen LogP contribution in [0.1, 0.15) is 51.3 Å². The fraction of sp³-hybridized carbons (Fsp3) is 0.714. The molecule has 21 heavy (non-hydrogen) atoms. The number of rotatable bonds is 9. The highest BCUT2D eigenvalue weighted by molar-refractivity contribution is 9.11. The molecule has 0 amide bonds. The van der Waals surface area contributed by atoms with E-state index in [1.807, 2.05) is 0 Å². The number of nitrogens with one attached hydrogen (secondary N) is 1. The van der Waals surface area contributed by atoms with Crippen molar-refractivity contribution in [3.05, 3.63) is 14.7 Å². The van der Waals surface area contributed by atoms with Gasteiger partial charge in [-0.15, -0.1) is 11.3 Å². The molecule has 1 rings (SSSR count). The summed E-state index contributed by atoms with van der Waals surface area (Å²) in [5, 5.41) is 0. The predicted octanol–water partition coefficient (Wildman–Crippen LogP) is 3.85. The van der Waals surface area contributed by atoms with Crippen LogP contribution in [0.3, 0.4) is 0 Å². The largest absolute Gasteiger partial charge is 0.326 e. The van der Waals surface area contributed by atoms with Crippen LogP contribution in [0.15, 0.2) is 14.7 Å². The topological polar surface area (TPSA) is 72.2 Å². The molecule has 0 saturated heterocycles. The lowest BCUT2D eigenvalue weighted by Gasteiger charge is -2.24. The van der Waals surface area contributed by atoms with E-state index in [0.29, 0.717) is 16.9 Å². The van der Waals surface area contributed by atoms with Crippen molar-refractivity contribution in [1.29, 1.82) is 0 Å². The Labute approximate surface area is 140 Å². The highest BCUT2D eigenvalue weighted by Gasteiger charge is 2.24. The second-order valence-corrected chi connectivity index (χ2v) is 10.2. The van der Waals surface area contributed by atoms with Gasteiger partial charge >= 0.3 is 0 Å². The van der Waals surface area contributed by atoms with Gasteiger partial charge in [-0.05, 0) is 33.8 Å². The third-order valence-electron chi connectivity index (χ3n) is 3.40. The molecule has 0 unspecified atom stereocenters. The standard InChI is InChI=1S/C14H25BrN2O2S2/c1-4-5-6-7-14(2,3)10-17-21(18,19)12-8-11(9-16)20-13(12)15/h8,17H,4-7,9-10,16H2,1-3H3. The van der Waals surface area contributed by atoms with Crippen LogP contribution in [-0.4, -0.2) is 15.0 Å². The van der Waals surface area contributed by atoms with Crippen molar-refractivity contribution in [2.45, 2.75) is 57.9 Å². The highest BCUT2D eigenvalue weighted by atomic mass is 79.9. The first-order valence-corrected chi connectivity index (χ1v) is 10.3. The Bertz CT molecular complexity index is 553. The van der Waals surface area contributed by atoms with E-state index in [0.717, 1.165) is 17.7 Å². The van der Waals surface area contributed by atoms with Crippen molar-refractivity contribution < 1.29 is 8.42 Å². The molecule has 0 aliphatic rings. The van der Waals surface area contributed by atoms with Gasteiger partial charge in [0.2, 0.25) is 10.0 Å². The van der Waals surface area contributed by atoms with E-state index in [1.54, 1.807) is 6.07 Å². The summed E-state index contributed by atoms with van der Waals surface area (Å²) in [6.45, 7) is 7.15. The Morgan fingerprint density at radius 1 is 1.38 bits per heavy atom. The molecule has 0 saturated carbocycles. The molecule has 7 heteroatoms. The van der Waals surface area contributed by atoms with Gasteiger partial charge < -0.3 is 5.73 Å². The zero-order chi connectivity index (χ0) is 16.1. The third-order valence-corrected chi connectivity index (χ3v) is 7.07. The molecule has 0 spiro atoms. The van der Waals surface area contributed by atoms with Crippen molar-refractivity contribution in [2.24, 2.45) is 11.1 Å². The van der Waals surface area contributed by atoms with Crippen LogP contribution in [0.25, 0.3) is 0 Å². The van der Waals surface area contributed by atoms with Gasteiger partial charge in [0, 0.05) is 18.0 Å². The molecule has 4 nitrogen and oxygen atoms in total. The summed E-state index contributed by atoms with van der Waals surface area (Å²) in [5.41, 5.74) is 5.52. The second-order valence-electron chi connectivity index (χ2n) is 6.00. The van der Waals surface area contributed by atoms with E-state index in [-0.39, 0.29) is 10.3 Å². The van der Waals surface area contributed by atoms with Crippen molar-refractivity contribution >= 4 is 37.3 Å². The van der Waals surface area contributed by atoms with Crippen molar-refractivity contribution in [2.75, 3.05) is 6.54 Å². The van der Waals surface area contributed by atoms with Gasteiger partial charge in [-0.3, -0.25) is 0 Å². The van der Waals surface area contributed by atoms with Gasteiger partial charge in [0.05, 0.1) is 3.79 Å². The molecule has 0 atom stereocenters. The zero-order valence-electron chi connectivity index (χ0n) is 12.9. The number of halogens is 1. The molecule has 0 aromatic carbocycles. The molecule has 0 radical (unpaired) electrons. The maximum Gasteiger partial charge on any atom is 0.242 e. The van der Waals surface area contributed by atoms with Gasteiger partial charge in [0.25, 0.3) is 0 Å². The quantitative estimate of drug-likeness (QED) is 0.622. The third kappa shape index (κ3) is 5.98. The summed E-state index contributed by atoms with van der Waals surface area (Å²) in [7, 11) is -3.49. The van der Waals surface area contributed by atoms with Crippen LogP contribution >= 0.6 is 27.3 Å². The fourth-order valence-corrected chi connectivity index (χ4v) is 5.79. The van der Waals surface area contributed by atoms with Crippen LogP contribution in [0, 0.1) is 5.41 Å². The number of thiophene rings is 1. The average Bonchev–Trinajstić information content (AvgIpc) is 2.79. The summed E-state index contributed by atoms with van der Waals surface area (Å²) in [6.07, 6.45) is 4.50. The Morgan fingerprint density at radius 3 is 2.57 bits per heavy atom. The normalized spacial score (nSPS) is 12.8. The summed E-state index contributed by atoms with van der Waals surface area (Å²) in [6, 6.07) is 1.64. The first-order chi connectivity index (χ1) is 9.72. The first kappa shape index (κ1) is 19.1. The number of sulfonamides is 1. The molecule has 0 aliphatic carbocycles. The molecule has 122 valence electrons. The van der Waals surface area contributed by atoms with Crippen molar-refractivity contribution in [3.63, 3.8) is 0 Å². The molecular formula is C14H25BrN2O2S2. The van der Waals surface area contributed by atoms with Crippen LogP contribution in [0.5, 0.6) is 0 Å². The number of hydrogen-bond acceptors (Lipinski definition) is 4. The monoisotopic (exact) mass is 396 g/mol. The van der Waals surface area contributed by atoms with Gasteiger partial charge in [-0.2, -0.15) is 0 Å². The van der Waals surface area contributed by atoms with Gasteiger partial charge in [-0.1, -0.05) is 40.0 Å². The zero-order valence-corrected chi connectivity index (χ0v) is 16.1. The first-order valence-electron chi connectivity index (χ1n) is 7.20. The molecule has 0 bridgehead atoms. The summed E-state index contributed by atoms with van der Waals surface area (Å²) in [4.78, 5) is 1.14. The minimum Gasteiger partial charge on any atom is -0.326 e. The van der Waals surface area contributed by atoms with E-state index in [2.05, 4.69) is 41.4 Å². The van der Waals surface area contributed by atoms with E-state index < -0.39 is 10.0 Å². The van der Waals surface area contributed by atoms with Crippen LogP contribution < -0.4 is 10.5 Å². The van der Waals surface area contributed by atoms with Crippen molar-refractivity contribution in [3.8, 4) is 0 Å². The Kier molecular flexibility index (Phi) is 7.33. The maximum atomic E-state index is 12.4. The Hall–Kier alpha value is 0.0500. The number of nitrogens with two attached hydrogens (primary N) is 1. The lowest BCUT2D eigenvalue weighted by molar-refractivity contribution is 0.320. The highest BCUT2D eigenvalue weighted by Crippen LogP contribution is 2.32. The van der Waals surface area contributed by atoms with E-state index in [1.165, 1.54) is 24.2 Å². The van der Waals surface area contributed by atoms with Gasteiger partial charge in [0.1, 0.15) is 4.90 Å². The van der Waals surface area contributed by atoms with E-state index in [4.69, 9.17) is 5.73 Å². The Balaban J connectivity index is 2.70. The van der Waals surface area contributed by atoms with E-state index >= 15 is 0 Å². The summed E-state index contributed by atoms with van der Waals surface area (Å²) in [5.74, 6) is 0. The molecule has 1 heterocycles. The Morgan fingerprint density at radius 2 is 2.05 bits per heavy atom. The molecule has 0 aliphatic heterocycles. The minimum atomic E-state index is -3.49. The van der Waals surface area contributed by atoms with Gasteiger partial charge in [0.15, 0.2) is 0 Å². The number of hydrogen-bond donors (Lipinski definition) is 2. The molecule has 1 aromatic rings. The predicted molar refractivity (Wildman–Crippen MR) is 93.0 cm³/mol. The summed E-state index contributed by atoms with van der Waals surface area (Å²) < 4.78 is 28.1. The smallest absolute Gasteiger partial charge is 0.242 e. The lowest BCUT2D eigenvalue weighted by Crippen LogP contribution is -2.34. The molecular weight excluding hydrogens is 372 g/mol. The average molecular weight is 397 g/mol.